The number of hydrogen-bond acceptors (Lipinski definition) is 3. The van der Waals surface area contributed by atoms with Crippen LogP contribution in [-0.4, -0.2) is 27.4 Å². The summed E-state index contributed by atoms with van der Waals surface area (Å²) in [7, 11) is -2.22. The molecule has 0 heterocycles. The number of hydrogen-bond donors (Lipinski definition) is 1. The Hall–Kier alpha value is -2.05. The topological polar surface area (TPSA) is 66.5 Å². The van der Waals surface area contributed by atoms with Gasteiger partial charge >= 0.3 is 0 Å². The molecule has 24 heavy (non-hydrogen) atoms. The van der Waals surface area contributed by atoms with E-state index >= 15 is 0 Å². The number of nitrogens with one attached hydrogen (secondary N) is 1. The van der Waals surface area contributed by atoms with E-state index in [0.717, 1.165) is 17.1 Å². The van der Waals surface area contributed by atoms with Crippen LogP contribution in [0.1, 0.15) is 23.2 Å². The number of anilines is 1. The zero-order valence-electron chi connectivity index (χ0n) is 13.1. The number of benzene rings is 2. The number of amides is 1. The summed E-state index contributed by atoms with van der Waals surface area (Å²) in [5, 5.41) is 3.08. The monoisotopic (exact) mass is 364 g/mol. The fourth-order valence-corrected chi connectivity index (χ4v) is 3.73. The molecule has 2 aromatic rings. The van der Waals surface area contributed by atoms with E-state index in [0.29, 0.717) is 11.3 Å². The summed E-state index contributed by atoms with van der Waals surface area (Å²) in [4.78, 5) is 12.3. The van der Waals surface area contributed by atoms with Gasteiger partial charge in [-0.25, -0.2) is 8.42 Å². The third kappa shape index (κ3) is 3.39. The van der Waals surface area contributed by atoms with Crippen LogP contribution in [0, 0.1) is 0 Å². The number of sulfonamides is 1. The third-order valence-electron chi connectivity index (χ3n) is 3.88. The van der Waals surface area contributed by atoms with Crippen molar-refractivity contribution in [2.75, 3.05) is 11.4 Å². The van der Waals surface area contributed by atoms with Crippen molar-refractivity contribution in [2.45, 2.75) is 23.8 Å². The maximum Gasteiger partial charge on any atom is 0.264 e. The second-order valence-electron chi connectivity index (χ2n) is 5.70. The molecule has 7 heteroatoms. The minimum atomic E-state index is -3.68. The van der Waals surface area contributed by atoms with Gasteiger partial charge in [0.1, 0.15) is 0 Å². The molecule has 1 saturated carbocycles. The van der Waals surface area contributed by atoms with Crippen molar-refractivity contribution >= 4 is 33.2 Å². The summed E-state index contributed by atoms with van der Waals surface area (Å²) in [5.41, 5.74) is 0.740. The molecule has 1 N–H and O–H groups in total. The molecule has 3 rings (SSSR count). The fourth-order valence-electron chi connectivity index (χ4n) is 2.26. The number of carbonyl (C=O) groups is 1. The van der Waals surface area contributed by atoms with Gasteiger partial charge in [0.25, 0.3) is 15.9 Å². The molecule has 0 saturated heterocycles. The zero-order valence-corrected chi connectivity index (χ0v) is 14.6. The first kappa shape index (κ1) is 16.8. The van der Waals surface area contributed by atoms with E-state index in [4.69, 9.17) is 11.6 Å². The molecule has 2 aromatic carbocycles. The van der Waals surface area contributed by atoms with Gasteiger partial charge in [0.05, 0.1) is 21.2 Å². The second-order valence-corrected chi connectivity index (χ2v) is 8.07. The molecule has 1 aliphatic carbocycles. The molecule has 0 atom stereocenters. The first-order chi connectivity index (χ1) is 11.4. The Labute approximate surface area is 146 Å². The molecule has 0 radical (unpaired) electrons. The number of nitrogens with zero attached hydrogens (tertiary/aromatic N) is 1. The van der Waals surface area contributed by atoms with Crippen LogP contribution in [0.2, 0.25) is 5.02 Å². The van der Waals surface area contributed by atoms with Gasteiger partial charge in [-0.3, -0.25) is 9.10 Å². The lowest BCUT2D eigenvalue weighted by Crippen LogP contribution is -2.27. The van der Waals surface area contributed by atoms with E-state index in [1.807, 2.05) is 0 Å². The molecular formula is C17H17ClN2O3S. The van der Waals surface area contributed by atoms with E-state index in [9.17, 15) is 13.2 Å². The Kier molecular flexibility index (Phi) is 4.51. The van der Waals surface area contributed by atoms with Crippen molar-refractivity contribution in [2.24, 2.45) is 0 Å². The summed E-state index contributed by atoms with van der Waals surface area (Å²) in [5.74, 6) is -0.234. The van der Waals surface area contributed by atoms with Crippen LogP contribution in [0.15, 0.2) is 53.4 Å². The summed E-state index contributed by atoms with van der Waals surface area (Å²) in [6, 6.07) is 13.0. The highest BCUT2D eigenvalue weighted by molar-refractivity contribution is 7.92. The van der Waals surface area contributed by atoms with E-state index < -0.39 is 10.0 Å². The maximum absolute atomic E-state index is 12.6. The van der Waals surface area contributed by atoms with Crippen LogP contribution in [0.5, 0.6) is 0 Å². The standard InChI is InChI=1S/C17H17ClN2O3S/c1-20(24(22,23)14-5-3-2-4-6-14)13-9-10-15(16(18)11-13)17(21)19-12-7-8-12/h2-6,9-12H,7-8H2,1H3,(H,19,21). The molecule has 1 aliphatic rings. The van der Waals surface area contributed by atoms with Gasteiger partial charge in [-0.05, 0) is 43.2 Å². The SMILES string of the molecule is CN(c1ccc(C(=O)NC2CC2)c(Cl)c1)S(=O)(=O)c1ccccc1. The number of carbonyl (C=O) groups excluding carboxylic acids is 1. The smallest absolute Gasteiger partial charge is 0.264 e. The van der Waals surface area contributed by atoms with Gasteiger partial charge < -0.3 is 5.32 Å². The summed E-state index contributed by atoms with van der Waals surface area (Å²) < 4.78 is 26.4. The second kappa shape index (κ2) is 6.45. The highest BCUT2D eigenvalue weighted by Crippen LogP contribution is 2.28. The van der Waals surface area contributed by atoms with E-state index in [1.165, 1.54) is 25.2 Å². The quantitative estimate of drug-likeness (QED) is 0.886. The predicted molar refractivity (Wildman–Crippen MR) is 94.0 cm³/mol. The Balaban J connectivity index is 1.86. The largest absolute Gasteiger partial charge is 0.349 e. The fraction of sp³-hybridized carbons (Fsp3) is 0.235. The Morgan fingerprint density at radius 2 is 1.83 bits per heavy atom. The first-order valence-corrected chi connectivity index (χ1v) is 9.36. The molecule has 0 aromatic heterocycles. The van der Waals surface area contributed by atoms with Gasteiger partial charge in [0.15, 0.2) is 0 Å². The average Bonchev–Trinajstić information content (AvgIpc) is 3.38. The Morgan fingerprint density at radius 3 is 2.42 bits per heavy atom. The lowest BCUT2D eigenvalue weighted by Gasteiger charge is -2.20. The molecule has 1 amide bonds. The van der Waals surface area contributed by atoms with Gasteiger partial charge in [-0.15, -0.1) is 0 Å². The van der Waals surface area contributed by atoms with Crippen molar-refractivity contribution in [3.63, 3.8) is 0 Å². The highest BCUT2D eigenvalue weighted by atomic mass is 35.5. The van der Waals surface area contributed by atoms with E-state index in [2.05, 4.69) is 5.32 Å². The van der Waals surface area contributed by atoms with Gasteiger partial charge in [-0.2, -0.15) is 0 Å². The van der Waals surface area contributed by atoms with Crippen LogP contribution >= 0.6 is 11.6 Å². The number of rotatable bonds is 5. The number of halogens is 1. The minimum absolute atomic E-state index is 0.194. The molecule has 0 aliphatic heterocycles. The van der Waals surface area contributed by atoms with Crippen molar-refractivity contribution in [3.8, 4) is 0 Å². The van der Waals surface area contributed by atoms with Crippen molar-refractivity contribution in [1.29, 1.82) is 0 Å². The van der Waals surface area contributed by atoms with Crippen molar-refractivity contribution in [3.05, 3.63) is 59.1 Å². The molecular weight excluding hydrogens is 348 g/mol. The normalized spacial score (nSPS) is 14.2. The molecule has 126 valence electrons. The average molecular weight is 365 g/mol. The van der Waals surface area contributed by atoms with Crippen LogP contribution in [0.25, 0.3) is 0 Å². The van der Waals surface area contributed by atoms with Crippen LogP contribution in [0.3, 0.4) is 0 Å². The maximum atomic E-state index is 12.6. The molecule has 0 unspecified atom stereocenters. The molecule has 5 nitrogen and oxygen atoms in total. The molecule has 0 spiro atoms. The van der Waals surface area contributed by atoms with Crippen LogP contribution < -0.4 is 9.62 Å². The summed E-state index contributed by atoms with van der Waals surface area (Å²) in [6.45, 7) is 0. The van der Waals surface area contributed by atoms with E-state index in [-0.39, 0.29) is 21.9 Å². The van der Waals surface area contributed by atoms with Gasteiger partial charge in [0, 0.05) is 13.1 Å². The summed E-state index contributed by atoms with van der Waals surface area (Å²) in [6.07, 6.45) is 1.97. The van der Waals surface area contributed by atoms with Crippen molar-refractivity contribution < 1.29 is 13.2 Å². The Morgan fingerprint density at radius 1 is 1.17 bits per heavy atom. The van der Waals surface area contributed by atoms with Crippen LogP contribution in [-0.2, 0) is 10.0 Å². The van der Waals surface area contributed by atoms with E-state index in [1.54, 1.807) is 30.3 Å². The minimum Gasteiger partial charge on any atom is -0.349 e. The van der Waals surface area contributed by atoms with Gasteiger partial charge in [0.2, 0.25) is 0 Å². The predicted octanol–water partition coefficient (Wildman–Crippen LogP) is 3.06. The first-order valence-electron chi connectivity index (χ1n) is 7.54. The highest BCUT2D eigenvalue weighted by Gasteiger charge is 2.26. The summed E-state index contributed by atoms with van der Waals surface area (Å²) >= 11 is 6.19. The Bertz CT molecular complexity index is 865. The third-order valence-corrected chi connectivity index (χ3v) is 5.99. The lowest BCUT2D eigenvalue weighted by atomic mass is 10.2. The molecule has 0 bridgehead atoms. The lowest BCUT2D eigenvalue weighted by molar-refractivity contribution is 0.0951. The zero-order chi connectivity index (χ0) is 17.3. The van der Waals surface area contributed by atoms with Gasteiger partial charge in [-0.1, -0.05) is 29.8 Å². The van der Waals surface area contributed by atoms with Crippen molar-refractivity contribution in [1.82, 2.24) is 5.32 Å². The van der Waals surface area contributed by atoms with Crippen LogP contribution in [0.4, 0.5) is 5.69 Å². The molecule has 1 fully saturated rings.